The van der Waals surface area contributed by atoms with Gasteiger partial charge in [-0.1, -0.05) is 0 Å². The molecule has 1 aliphatic heterocycles. The van der Waals surface area contributed by atoms with E-state index in [1.165, 1.54) is 4.90 Å². The first-order valence-electron chi connectivity index (χ1n) is 6.92. The van der Waals surface area contributed by atoms with E-state index in [-0.39, 0.29) is 24.2 Å². The van der Waals surface area contributed by atoms with E-state index in [1.807, 2.05) is 13.8 Å². The van der Waals surface area contributed by atoms with Gasteiger partial charge in [0.2, 0.25) is 0 Å². The molecule has 2 rings (SSSR count). The largest absolute Gasteiger partial charge is 0.433 e. The molecule has 118 valence electrons. The molecule has 0 saturated carbocycles. The predicted octanol–water partition coefficient (Wildman–Crippen LogP) is 1.74. The average molecular weight is 304 g/mol. The standard InChI is InChI=1S/C13H19F3N4O/c1-4-20-11(13(14,15)16)10(5-17-20)12(21)19-6-8(2)18-9(3)7-19/h5,8-9,18H,4,6-7H2,1-3H3/t8-,9-/m1/s1. The maximum atomic E-state index is 13.2. The highest BCUT2D eigenvalue weighted by Gasteiger charge is 2.41. The van der Waals surface area contributed by atoms with Crippen molar-refractivity contribution in [2.24, 2.45) is 0 Å². The van der Waals surface area contributed by atoms with E-state index in [1.54, 1.807) is 6.92 Å². The van der Waals surface area contributed by atoms with Crippen LogP contribution in [-0.4, -0.2) is 45.8 Å². The Bertz CT molecular complexity index is 516. The minimum Gasteiger partial charge on any atom is -0.335 e. The lowest BCUT2D eigenvalue weighted by molar-refractivity contribution is -0.144. The van der Waals surface area contributed by atoms with Crippen LogP contribution in [0.5, 0.6) is 0 Å². The van der Waals surface area contributed by atoms with E-state index in [0.29, 0.717) is 13.1 Å². The third-order valence-corrected chi connectivity index (χ3v) is 3.48. The van der Waals surface area contributed by atoms with Crippen LogP contribution in [0.2, 0.25) is 0 Å². The Balaban J connectivity index is 2.33. The van der Waals surface area contributed by atoms with Crippen molar-refractivity contribution in [3.63, 3.8) is 0 Å². The van der Waals surface area contributed by atoms with Gasteiger partial charge < -0.3 is 10.2 Å². The fraction of sp³-hybridized carbons (Fsp3) is 0.692. The Kier molecular flexibility index (Phi) is 4.27. The third-order valence-electron chi connectivity index (χ3n) is 3.48. The number of hydrogen-bond donors (Lipinski definition) is 1. The number of piperazine rings is 1. The maximum Gasteiger partial charge on any atom is 0.433 e. The molecule has 0 unspecified atom stereocenters. The van der Waals surface area contributed by atoms with Crippen molar-refractivity contribution in [3.8, 4) is 0 Å². The molecule has 2 heterocycles. The van der Waals surface area contributed by atoms with Gasteiger partial charge in [-0.15, -0.1) is 0 Å². The lowest BCUT2D eigenvalue weighted by atomic mass is 10.1. The number of aromatic nitrogens is 2. The fourth-order valence-electron chi connectivity index (χ4n) is 2.74. The molecule has 1 fully saturated rings. The predicted molar refractivity (Wildman–Crippen MR) is 70.9 cm³/mol. The average Bonchev–Trinajstić information content (AvgIpc) is 2.80. The summed E-state index contributed by atoms with van der Waals surface area (Å²) < 4.78 is 40.3. The first kappa shape index (κ1) is 15.8. The van der Waals surface area contributed by atoms with E-state index in [2.05, 4.69) is 10.4 Å². The smallest absolute Gasteiger partial charge is 0.335 e. The van der Waals surface area contributed by atoms with E-state index < -0.39 is 17.8 Å². The second-order valence-corrected chi connectivity index (χ2v) is 5.40. The highest BCUT2D eigenvalue weighted by molar-refractivity contribution is 5.95. The van der Waals surface area contributed by atoms with Crippen LogP contribution in [0.15, 0.2) is 6.20 Å². The molecule has 0 aliphatic carbocycles. The molecular weight excluding hydrogens is 285 g/mol. The molecule has 1 N–H and O–H groups in total. The van der Waals surface area contributed by atoms with Crippen LogP contribution in [0.25, 0.3) is 0 Å². The highest BCUT2D eigenvalue weighted by atomic mass is 19.4. The summed E-state index contributed by atoms with van der Waals surface area (Å²) in [5.74, 6) is -0.609. The Labute approximate surface area is 121 Å². The number of halogens is 3. The van der Waals surface area contributed by atoms with Gasteiger partial charge in [0, 0.05) is 31.7 Å². The zero-order valence-corrected chi connectivity index (χ0v) is 12.2. The van der Waals surface area contributed by atoms with Gasteiger partial charge in [0.05, 0.1) is 11.8 Å². The molecule has 5 nitrogen and oxygen atoms in total. The van der Waals surface area contributed by atoms with Crippen LogP contribution in [0.1, 0.15) is 36.8 Å². The van der Waals surface area contributed by atoms with Crippen molar-refractivity contribution < 1.29 is 18.0 Å². The summed E-state index contributed by atoms with van der Waals surface area (Å²) in [6.07, 6.45) is -3.57. The monoisotopic (exact) mass is 304 g/mol. The minimum absolute atomic E-state index is 0.0493. The van der Waals surface area contributed by atoms with Gasteiger partial charge in [-0.3, -0.25) is 9.48 Å². The summed E-state index contributed by atoms with van der Waals surface area (Å²) in [7, 11) is 0. The van der Waals surface area contributed by atoms with Crippen molar-refractivity contribution in [2.45, 2.75) is 45.6 Å². The number of nitrogens with one attached hydrogen (secondary N) is 1. The zero-order chi connectivity index (χ0) is 15.8. The second kappa shape index (κ2) is 5.67. The molecule has 0 aromatic carbocycles. The first-order chi connectivity index (χ1) is 9.74. The van der Waals surface area contributed by atoms with Crippen LogP contribution in [0.4, 0.5) is 13.2 Å². The molecule has 1 saturated heterocycles. The number of alkyl halides is 3. The number of carbonyl (C=O) groups excluding carboxylic acids is 1. The van der Waals surface area contributed by atoms with E-state index in [9.17, 15) is 18.0 Å². The quantitative estimate of drug-likeness (QED) is 0.905. The molecule has 1 aromatic heterocycles. The van der Waals surface area contributed by atoms with Gasteiger partial charge >= 0.3 is 6.18 Å². The third kappa shape index (κ3) is 3.20. The zero-order valence-electron chi connectivity index (χ0n) is 12.2. The SMILES string of the molecule is CCn1ncc(C(=O)N2C[C@@H](C)N[C@H](C)C2)c1C(F)(F)F. The summed E-state index contributed by atoms with van der Waals surface area (Å²) in [5.41, 5.74) is -1.33. The summed E-state index contributed by atoms with van der Waals surface area (Å²) in [4.78, 5) is 13.9. The molecule has 21 heavy (non-hydrogen) atoms. The Morgan fingerprint density at radius 1 is 1.38 bits per heavy atom. The van der Waals surface area contributed by atoms with E-state index in [0.717, 1.165) is 10.9 Å². The summed E-state index contributed by atoms with van der Waals surface area (Å²) >= 11 is 0. The lowest BCUT2D eigenvalue weighted by Crippen LogP contribution is -2.56. The van der Waals surface area contributed by atoms with Gasteiger partial charge in [0.1, 0.15) is 0 Å². The summed E-state index contributed by atoms with van der Waals surface area (Å²) in [6.45, 7) is 6.20. The number of carbonyl (C=O) groups is 1. The minimum atomic E-state index is -4.59. The number of amides is 1. The fourth-order valence-corrected chi connectivity index (χ4v) is 2.74. The van der Waals surface area contributed by atoms with Gasteiger partial charge in [-0.25, -0.2) is 0 Å². The van der Waals surface area contributed by atoms with E-state index in [4.69, 9.17) is 0 Å². The van der Waals surface area contributed by atoms with Crippen molar-refractivity contribution in [1.82, 2.24) is 20.0 Å². The molecular formula is C13H19F3N4O. The second-order valence-electron chi connectivity index (χ2n) is 5.40. The van der Waals surface area contributed by atoms with Gasteiger partial charge in [-0.05, 0) is 20.8 Å². The van der Waals surface area contributed by atoms with Crippen LogP contribution in [0, 0.1) is 0 Å². The van der Waals surface area contributed by atoms with E-state index >= 15 is 0 Å². The van der Waals surface area contributed by atoms with Crippen LogP contribution < -0.4 is 5.32 Å². The first-order valence-corrected chi connectivity index (χ1v) is 6.92. The molecule has 8 heteroatoms. The molecule has 2 atom stereocenters. The topological polar surface area (TPSA) is 50.2 Å². The Hall–Kier alpha value is -1.57. The summed E-state index contributed by atoms with van der Waals surface area (Å²) in [5, 5.41) is 6.93. The van der Waals surface area contributed by atoms with Crippen LogP contribution in [0.3, 0.4) is 0 Å². The number of aryl methyl sites for hydroxylation is 1. The van der Waals surface area contributed by atoms with Gasteiger partial charge in [-0.2, -0.15) is 18.3 Å². The molecule has 1 amide bonds. The van der Waals surface area contributed by atoms with Crippen LogP contribution in [-0.2, 0) is 12.7 Å². The van der Waals surface area contributed by atoms with Gasteiger partial charge in [0.25, 0.3) is 5.91 Å². The maximum absolute atomic E-state index is 13.2. The van der Waals surface area contributed by atoms with Crippen molar-refractivity contribution in [1.29, 1.82) is 0 Å². The molecule has 0 bridgehead atoms. The number of rotatable bonds is 2. The van der Waals surface area contributed by atoms with Gasteiger partial charge in [0.15, 0.2) is 5.69 Å². The van der Waals surface area contributed by atoms with Crippen LogP contribution >= 0.6 is 0 Å². The van der Waals surface area contributed by atoms with Crippen molar-refractivity contribution in [2.75, 3.05) is 13.1 Å². The molecule has 0 radical (unpaired) electrons. The molecule has 1 aliphatic rings. The normalized spacial score (nSPS) is 23.4. The Morgan fingerprint density at radius 2 is 1.95 bits per heavy atom. The lowest BCUT2D eigenvalue weighted by Gasteiger charge is -2.36. The highest BCUT2D eigenvalue weighted by Crippen LogP contribution is 2.32. The van der Waals surface area contributed by atoms with Crippen molar-refractivity contribution >= 4 is 5.91 Å². The molecule has 1 aromatic rings. The number of nitrogens with zero attached hydrogens (tertiary/aromatic N) is 3. The number of hydrogen-bond acceptors (Lipinski definition) is 3. The van der Waals surface area contributed by atoms with Crippen molar-refractivity contribution in [3.05, 3.63) is 17.5 Å². The molecule has 0 spiro atoms. The summed E-state index contributed by atoms with van der Waals surface area (Å²) in [6, 6.07) is 0.0986. The Morgan fingerprint density at radius 3 is 2.43 bits per heavy atom.